The second-order valence-corrected chi connectivity index (χ2v) is 7.28. The van der Waals surface area contributed by atoms with Crippen LogP contribution in [-0.4, -0.2) is 58.1 Å². The van der Waals surface area contributed by atoms with Crippen molar-refractivity contribution in [3.63, 3.8) is 0 Å². The fourth-order valence-corrected chi connectivity index (χ4v) is 3.69. The Morgan fingerprint density at radius 2 is 2.13 bits per heavy atom. The molecular formula is C17H21ClN4O. The lowest BCUT2D eigenvalue weighted by Crippen LogP contribution is -2.36. The Morgan fingerprint density at radius 1 is 1.30 bits per heavy atom. The average molecular weight is 333 g/mol. The molecule has 1 aromatic heterocycles. The number of carbonyl (C=O) groups excluding carboxylic acids is 1. The average Bonchev–Trinajstić information content (AvgIpc) is 3.31. The van der Waals surface area contributed by atoms with Crippen molar-refractivity contribution in [3.05, 3.63) is 28.9 Å². The monoisotopic (exact) mass is 332 g/mol. The van der Waals surface area contributed by atoms with Crippen LogP contribution in [0.3, 0.4) is 0 Å². The first-order valence-electron chi connectivity index (χ1n) is 8.29. The highest BCUT2D eigenvalue weighted by Gasteiger charge is 2.33. The molecule has 122 valence electrons. The minimum atomic E-state index is 0.00279. The third-order valence-electron chi connectivity index (χ3n) is 4.81. The van der Waals surface area contributed by atoms with E-state index in [1.165, 1.54) is 12.8 Å². The van der Waals surface area contributed by atoms with E-state index in [1.807, 2.05) is 17.0 Å². The molecule has 5 nitrogen and oxygen atoms in total. The highest BCUT2D eigenvalue weighted by molar-refractivity contribution is 6.31. The van der Waals surface area contributed by atoms with Crippen molar-refractivity contribution in [2.24, 2.45) is 5.92 Å². The topological polar surface area (TPSA) is 52.2 Å². The molecule has 1 amide bonds. The summed E-state index contributed by atoms with van der Waals surface area (Å²) in [6.45, 7) is 5.83. The van der Waals surface area contributed by atoms with Crippen molar-refractivity contribution in [1.82, 2.24) is 20.0 Å². The Labute approximate surface area is 140 Å². The molecule has 2 aromatic rings. The molecule has 2 aliphatic rings. The summed E-state index contributed by atoms with van der Waals surface area (Å²) in [5.74, 6) is 0.485. The van der Waals surface area contributed by atoms with Crippen LogP contribution >= 0.6 is 11.6 Å². The highest BCUT2D eigenvalue weighted by atomic mass is 35.5. The van der Waals surface area contributed by atoms with E-state index in [-0.39, 0.29) is 5.91 Å². The zero-order chi connectivity index (χ0) is 16.0. The number of amides is 1. The van der Waals surface area contributed by atoms with E-state index in [1.54, 1.807) is 6.07 Å². The maximum absolute atomic E-state index is 13.0. The van der Waals surface area contributed by atoms with Crippen molar-refractivity contribution in [1.29, 1.82) is 0 Å². The van der Waals surface area contributed by atoms with Crippen LogP contribution < -0.4 is 0 Å². The number of benzene rings is 1. The van der Waals surface area contributed by atoms with E-state index in [0.29, 0.717) is 16.6 Å². The van der Waals surface area contributed by atoms with Gasteiger partial charge in [-0.2, -0.15) is 5.10 Å². The molecule has 1 aliphatic heterocycles. The van der Waals surface area contributed by atoms with Gasteiger partial charge in [-0.3, -0.25) is 14.8 Å². The third kappa shape index (κ3) is 2.95. The predicted octanol–water partition coefficient (Wildman–Crippen LogP) is 2.77. The molecule has 1 aliphatic carbocycles. The predicted molar refractivity (Wildman–Crippen MR) is 90.8 cm³/mol. The lowest BCUT2D eigenvalue weighted by Gasteiger charge is -2.21. The molecule has 1 atom stereocenters. The third-order valence-corrected chi connectivity index (χ3v) is 5.05. The summed E-state index contributed by atoms with van der Waals surface area (Å²) in [6, 6.07) is 6.22. The van der Waals surface area contributed by atoms with E-state index in [9.17, 15) is 4.79 Å². The Balaban J connectivity index is 1.58. The van der Waals surface area contributed by atoms with Gasteiger partial charge in [-0.05, 0) is 37.0 Å². The number of nitrogens with one attached hydrogen (secondary N) is 1. The summed E-state index contributed by atoms with van der Waals surface area (Å²) >= 11 is 6.07. The first-order valence-corrected chi connectivity index (χ1v) is 8.66. The summed E-state index contributed by atoms with van der Waals surface area (Å²) < 4.78 is 0. The van der Waals surface area contributed by atoms with Gasteiger partial charge in [0.2, 0.25) is 0 Å². The minimum Gasteiger partial charge on any atom is -0.336 e. The standard InChI is InChI=1S/C17H21ClN4O/c1-11-9-21(13-3-4-13)6-7-22(10-11)17(23)16-14-8-12(18)2-5-15(14)19-20-16/h2,5,8,11,13H,3-4,6-7,9-10H2,1H3,(H,19,20)/t11-/m0/s1. The lowest BCUT2D eigenvalue weighted by atomic mass is 10.1. The zero-order valence-corrected chi connectivity index (χ0v) is 14.0. The van der Waals surface area contributed by atoms with Crippen LogP contribution in [0.15, 0.2) is 18.2 Å². The summed E-state index contributed by atoms with van der Waals surface area (Å²) in [7, 11) is 0. The number of carbonyl (C=O) groups is 1. The number of hydrogen-bond acceptors (Lipinski definition) is 3. The molecule has 1 saturated carbocycles. The van der Waals surface area contributed by atoms with Crippen molar-refractivity contribution in [3.8, 4) is 0 Å². The van der Waals surface area contributed by atoms with Gasteiger partial charge in [-0.1, -0.05) is 18.5 Å². The maximum Gasteiger partial charge on any atom is 0.275 e. The number of aromatic amines is 1. The highest BCUT2D eigenvalue weighted by Crippen LogP contribution is 2.29. The number of hydrogen-bond donors (Lipinski definition) is 1. The molecule has 1 saturated heterocycles. The summed E-state index contributed by atoms with van der Waals surface area (Å²) in [4.78, 5) is 17.4. The van der Waals surface area contributed by atoms with Crippen molar-refractivity contribution < 1.29 is 4.79 Å². The van der Waals surface area contributed by atoms with Crippen LogP contribution in [0, 0.1) is 5.92 Å². The van der Waals surface area contributed by atoms with E-state index in [2.05, 4.69) is 22.0 Å². The lowest BCUT2D eigenvalue weighted by molar-refractivity contribution is 0.0744. The Kier molecular flexibility index (Phi) is 3.77. The fraction of sp³-hybridized carbons (Fsp3) is 0.529. The van der Waals surface area contributed by atoms with Gasteiger partial charge in [0.1, 0.15) is 0 Å². The van der Waals surface area contributed by atoms with Gasteiger partial charge in [0.15, 0.2) is 5.69 Å². The number of fused-ring (bicyclic) bond motifs is 1. The number of nitrogens with zero attached hydrogens (tertiary/aromatic N) is 3. The van der Waals surface area contributed by atoms with Crippen LogP contribution in [0.4, 0.5) is 0 Å². The molecule has 6 heteroatoms. The van der Waals surface area contributed by atoms with E-state index in [4.69, 9.17) is 11.6 Å². The normalized spacial score (nSPS) is 23.2. The molecule has 0 bridgehead atoms. The number of halogens is 1. The minimum absolute atomic E-state index is 0.00279. The van der Waals surface area contributed by atoms with Gasteiger partial charge >= 0.3 is 0 Å². The molecule has 23 heavy (non-hydrogen) atoms. The van der Waals surface area contributed by atoms with Gasteiger partial charge in [-0.25, -0.2) is 0 Å². The van der Waals surface area contributed by atoms with E-state index in [0.717, 1.165) is 43.1 Å². The van der Waals surface area contributed by atoms with Gasteiger partial charge < -0.3 is 4.90 Å². The van der Waals surface area contributed by atoms with Crippen molar-refractivity contribution in [2.45, 2.75) is 25.8 Å². The van der Waals surface area contributed by atoms with Crippen LogP contribution in [0.25, 0.3) is 10.9 Å². The maximum atomic E-state index is 13.0. The first-order chi connectivity index (χ1) is 11.1. The molecule has 0 radical (unpaired) electrons. The molecule has 0 spiro atoms. The Bertz CT molecular complexity index is 739. The Morgan fingerprint density at radius 3 is 2.91 bits per heavy atom. The number of aromatic nitrogens is 2. The van der Waals surface area contributed by atoms with Crippen LogP contribution in [0.5, 0.6) is 0 Å². The van der Waals surface area contributed by atoms with Gasteiger partial charge in [0.05, 0.1) is 5.52 Å². The van der Waals surface area contributed by atoms with Crippen molar-refractivity contribution in [2.75, 3.05) is 26.2 Å². The zero-order valence-electron chi connectivity index (χ0n) is 13.3. The van der Waals surface area contributed by atoms with Gasteiger partial charge in [0.25, 0.3) is 5.91 Å². The summed E-state index contributed by atoms with van der Waals surface area (Å²) in [5, 5.41) is 8.60. The SMILES string of the molecule is C[C@@H]1CN(C(=O)c2n[nH]c3ccc(Cl)cc23)CCN(C2CC2)C1. The Hall–Kier alpha value is -1.59. The second kappa shape index (κ2) is 5.80. The molecule has 2 fully saturated rings. The molecule has 2 heterocycles. The largest absolute Gasteiger partial charge is 0.336 e. The van der Waals surface area contributed by atoms with E-state index >= 15 is 0 Å². The quantitative estimate of drug-likeness (QED) is 0.920. The van der Waals surface area contributed by atoms with E-state index < -0.39 is 0 Å². The number of H-pyrrole nitrogens is 1. The molecule has 4 rings (SSSR count). The molecular weight excluding hydrogens is 312 g/mol. The van der Waals surface area contributed by atoms with Crippen LogP contribution in [0.1, 0.15) is 30.3 Å². The smallest absolute Gasteiger partial charge is 0.275 e. The van der Waals surface area contributed by atoms with Crippen LogP contribution in [0.2, 0.25) is 5.02 Å². The molecule has 1 N–H and O–H groups in total. The molecule has 0 unspecified atom stereocenters. The number of rotatable bonds is 2. The van der Waals surface area contributed by atoms with Crippen LogP contribution in [-0.2, 0) is 0 Å². The molecule has 1 aromatic carbocycles. The summed E-state index contributed by atoms with van der Waals surface area (Å²) in [6.07, 6.45) is 2.62. The van der Waals surface area contributed by atoms with Gasteiger partial charge in [0, 0.05) is 42.6 Å². The first kappa shape index (κ1) is 15.0. The van der Waals surface area contributed by atoms with Gasteiger partial charge in [-0.15, -0.1) is 0 Å². The second-order valence-electron chi connectivity index (χ2n) is 6.84. The van der Waals surface area contributed by atoms with Crippen molar-refractivity contribution >= 4 is 28.4 Å². The fourth-order valence-electron chi connectivity index (χ4n) is 3.52. The summed E-state index contributed by atoms with van der Waals surface area (Å²) in [5.41, 5.74) is 1.33.